The van der Waals surface area contributed by atoms with Crippen LogP contribution in [-0.4, -0.2) is 47.6 Å². The summed E-state index contributed by atoms with van der Waals surface area (Å²) in [6.07, 6.45) is 6.91. The number of nitrogens with zero attached hydrogens (tertiary/aromatic N) is 1. The zero-order chi connectivity index (χ0) is 12.1. The number of hydrogen-bond donors (Lipinski definition) is 1. The van der Waals surface area contributed by atoms with E-state index in [0.29, 0.717) is 0 Å². The van der Waals surface area contributed by atoms with E-state index in [9.17, 15) is 0 Å². The van der Waals surface area contributed by atoms with Crippen LogP contribution in [-0.2, 0) is 0 Å². The van der Waals surface area contributed by atoms with Gasteiger partial charge in [-0.1, -0.05) is 20.3 Å². The van der Waals surface area contributed by atoms with Crippen LogP contribution in [0, 0.1) is 0 Å². The highest BCUT2D eigenvalue weighted by molar-refractivity contribution is 7.99. The van der Waals surface area contributed by atoms with Gasteiger partial charge in [0, 0.05) is 37.0 Å². The summed E-state index contributed by atoms with van der Waals surface area (Å²) in [5.74, 6) is 1.39. The molecule has 0 radical (unpaired) electrons. The Morgan fingerprint density at radius 3 is 2.76 bits per heavy atom. The summed E-state index contributed by atoms with van der Waals surface area (Å²) in [6, 6.07) is 1.51. The predicted molar refractivity (Wildman–Crippen MR) is 77.8 cm³/mol. The first kappa shape index (κ1) is 13.7. The first-order valence-electron chi connectivity index (χ1n) is 7.42. The lowest BCUT2D eigenvalue weighted by Gasteiger charge is -2.42. The summed E-state index contributed by atoms with van der Waals surface area (Å²) < 4.78 is 0. The van der Waals surface area contributed by atoms with Crippen molar-refractivity contribution in [1.29, 1.82) is 0 Å². The van der Waals surface area contributed by atoms with E-state index in [1.165, 1.54) is 57.5 Å². The molecule has 0 spiro atoms. The molecule has 0 aromatic carbocycles. The van der Waals surface area contributed by atoms with Crippen molar-refractivity contribution >= 4 is 11.8 Å². The first-order chi connectivity index (χ1) is 8.33. The van der Waals surface area contributed by atoms with Gasteiger partial charge in [0.15, 0.2) is 0 Å². The molecule has 2 aliphatic rings. The second kappa shape index (κ2) is 7.01. The monoisotopic (exact) mass is 256 g/mol. The molecule has 17 heavy (non-hydrogen) atoms. The smallest absolute Gasteiger partial charge is 0.0219 e. The van der Waals surface area contributed by atoms with Crippen molar-refractivity contribution in [2.24, 2.45) is 0 Å². The van der Waals surface area contributed by atoms with E-state index in [-0.39, 0.29) is 0 Å². The molecule has 2 saturated heterocycles. The van der Waals surface area contributed by atoms with Crippen LogP contribution in [0.15, 0.2) is 0 Å². The molecule has 0 amide bonds. The van der Waals surface area contributed by atoms with Crippen LogP contribution in [0.3, 0.4) is 0 Å². The normalized spacial score (nSPS) is 36.0. The van der Waals surface area contributed by atoms with Gasteiger partial charge in [-0.15, -0.1) is 0 Å². The maximum atomic E-state index is 3.69. The fourth-order valence-electron chi connectivity index (χ4n) is 3.04. The molecule has 100 valence electrons. The highest BCUT2D eigenvalue weighted by atomic mass is 32.2. The van der Waals surface area contributed by atoms with Gasteiger partial charge in [0.1, 0.15) is 0 Å². The largest absolute Gasteiger partial charge is 0.311 e. The van der Waals surface area contributed by atoms with Crippen LogP contribution in [0.25, 0.3) is 0 Å². The zero-order valence-electron chi connectivity index (χ0n) is 11.5. The summed E-state index contributed by atoms with van der Waals surface area (Å²) in [5, 5.41) is 4.60. The standard InChI is InChI=1S/C14H28N2S/c1-3-12-10-16(13(4-2)9-15-12)11-14-7-5-6-8-17-14/h12-15H,3-11H2,1-2H3. The quantitative estimate of drug-likeness (QED) is 0.832. The summed E-state index contributed by atoms with van der Waals surface area (Å²) in [7, 11) is 0. The molecule has 0 aliphatic carbocycles. The third-order valence-electron chi connectivity index (χ3n) is 4.29. The zero-order valence-corrected chi connectivity index (χ0v) is 12.3. The van der Waals surface area contributed by atoms with Gasteiger partial charge in [-0.05, 0) is 31.4 Å². The molecule has 2 nitrogen and oxygen atoms in total. The van der Waals surface area contributed by atoms with Crippen LogP contribution in [0.2, 0.25) is 0 Å². The highest BCUT2D eigenvalue weighted by Gasteiger charge is 2.28. The van der Waals surface area contributed by atoms with Crippen LogP contribution >= 0.6 is 11.8 Å². The fourth-order valence-corrected chi connectivity index (χ4v) is 4.38. The number of piperazine rings is 1. The molecule has 2 aliphatic heterocycles. The number of thioether (sulfide) groups is 1. The number of rotatable bonds is 4. The van der Waals surface area contributed by atoms with Crippen LogP contribution < -0.4 is 5.32 Å². The van der Waals surface area contributed by atoms with Gasteiger partial charge >= 0.3 is 0 Å². The molecule has 2 heterocycles. The first-order valence-corrected chi connectivity index (χ1v) is 8.47. The van der Waals surface area contributed by atoms with Gasteiger partial charge in [-0.25, -0.2) is 0 Å². The lowest BCUT2D eigenvalue weighted by Crippen LogP contribution is -2.57. The van der Waals surface area contributed by atoms with Crippen LogP contribution in [0.5, 0.6) is 0 Å². The number of hydrogen-bond acceptors (Lipinski definition) is 3. The van der Waals surface area contributed by atoms with Crippen molar-refractivity contribution in [1.82, 2.24) is 10.2 Å². The Balaban J connectivity index is 1.85. The second-order valence-corrected chi connectivity index (χ2v) is 6.93. The van der Waals surface area contributed by atoms with E-state index in [1.54, 1.807) is 0 Å². The Hall–Kier alpha value is 0.270. The molecule has 3 heteroatoms. The molecular formula is C14H28N2S. The molecule has 0 bridgehead atoms. The van der Waals surface area contributed by atoms with Crippen LogP contribution in [0.1, 0.15) is 46.0 Å². The van der Waals surface area contributed by atoms with Gasteiger partial charge in [0.25, 0.3) is 0 Å². The molecule has 2 fully saturated rings. The Morgan fingerprint density at radius 2 is 2.12 bits per heavy atom. The number of nitrogens with one attached hydrogen (secondary N) is 1. The minimum atomic E-state index is 0.728. The van der Waals surface area contributed by atoms with Crippen molar-refractivity contribution < 1.29 is 0 Å². The molecule has 1 N–H and O–H groups in total. The van der Waals surface area contributed by atoms with Crippen LogP contribution in [0.4, 0.5) is 0 Å². The third-order valence-corrected chi connectivity index (χ3v) is 5.67. The predicted octanol–water partition coefficient (Wildman–Crippen LogP) is 2.73. The average Bonchev–Trinajstić information content (AvgIpc) is 2.40. The van der Waals surface area contributed by atoms with E-state index in [4.69, 9.17) is 0 Å². The van der Waals surface area contributed by atoms with Crippen molar-refractivity contribution in [2.45, 2.75) is 63.3 Å². The van der Waals surface area contributed by atoms with E-state index < -0.39 is 0 Å². The van der Waals surface area contributed by atoms with Crippen molar-refractivity contribution in [2.75, 3.05) is 25.4 Å². The van der Waals surface area contributed by atoms with Crippen molar-refractivity contribution in [3.05, 3.63) is 0 Å². The molecule has 3 unspecified atom stereocenters. The Morgan fingerprint density at radius 1 is 1.24 bits per heavy atom. The molecule has 2 rings (SSSR count). The Labute approximate surface area is 111 Å². The molecule has 3 atom stereocenters. The summed E-state index contributed by atoms with van der Waals surface area (Å²) in [5.41, 5.74) is 0. The maximum absolute atomic E-state index is 3.69. The van der Waals surface area contributed by atoms with Gasteiger partial charge in [-0.3, -0.25) is 4.90 Å². The average molecular weight is 256 g/mol. The summed E-state index contributed by atoms with van der Waals surface area (Å²) in [4.78, 5) is 2.77. The second-order valence-electron chi connectivity index (χ2n) is 5.52. The molecular weight excluding hydrogens is 228 g/mol. The van der Waals surface area contributed by atoms with E-state index in [0.717, 1.165) is 17.3 Å². The van der Waals surface area contributed by atoms with Crippen molar-refractivity contribution in [3.8, 4) is 0 Å². The van der Waals surface area contributed by atoms with E-state index in [2.05, 4.69) is 35.8 Å². The maximum Gasteiger partial charge on any atom is 0.0219 e. The third kappa shape index (κ3) is 3.87. The lowest BCUT2D eigenvalue weighted by atomic mass is 10.0. The summed E-state index contributed by atoms with van der Waals surface area (Å²) in [6.45, 7) is 8.44. The van der Waals surface area contributed by atoms with Gasteiger partial charge in [-0.2, -0.15) is 11.8 Å². The Kier molecular flexibility index (Phi) is 5.64. The Bertz CT molecular complexity index is 216. The minimum Gasteiger partial charge on any atom is -0.311 e. The van der Waals surface area contributed by atoms with Gasteiger partial charge in [0.05, 0.1) is 0 Å². The molecule has 0 aromatic heterocycles. The SMILES string of the molecule is CCC1CN(CC2CCCCS2)C(CC)CN1. The van der Waals surface area contributed by atoms with E-state index in [1.807, 2.05) is 0 Å². The highest BCUT2D eigenvalue weighted by Crippen LogP contribution is 2.27. The topological polar surface area (TPSA) is 15.3 Å². The van der Waals surface area contributed by atoms with Gasteiger partial charge in [0.2, 0.25) is 0 Å². The fraction of sp³-hybridized carbons (Fsp3) is 1.00. The molecule has 0 aromatic rings. The minimum absolute atomic E-state index is 0.728. The summed E-state index contributed by atoms with van der Waals surface area (Å²) >= 11 is 2.22. The van der Waals surface area contributed by atoms with Crippen molar-refractivity contribution in [3.63, 3.8) is 0 Å². The van der Waals surface area contributed by atoms with Gasteiger partial charge < -0.3 is 5.32 Å². The lowest BCUT2D eigenvalue weighted by molar-refractivity contribution is 0.124. The van der Waals surface area contributed by atoms with E-state index >= 15 is 0 Å². The molecule has 0 saturated carbocycles.